The van der Waals surface area contributed by atoms with E-state index in [1.165, 1.54) is 0 Å². The van der Waals surface area contributed by atoms with Gasteiger partial charge in [0.2, 0.25) is 0 Å². The summed E-state index contributed by atoms with van der Waals surface area (Å²) in [7, 11) is 3.51. The maximum Gasteiger partial charge on any atom is 0.131 e. The number of rotatable bonds is 2. The Hall–Kier alpha value is -1.97. The molecule has 4 nitrogen and oxygen atoms in total. The summed E-state index contributed by atoms with van der Waals surface area (Å²) >= 11 is 0. The van der Waals surface area contributed by atoms with Crippen LogP contribution in [0.4, 0.5) is 5.82 Å². The van der Waals surface area contributed by atoms with Crippen LogP contribution in [0.5, 0.6) is 5.75 Å². The number of hydrogen-bond acceptors (Lipinski definition) is 3. The van der Waals surface area contributed by atoms with Crippen LogP contribution in [-0.2, 0) is 7.05 Å². The van der Waals surface area contributed by atoms with Gasteiger partial charge in [0.1, 0.15) is 17.3 Å². The van der Waals surface area contributed by atoms with Crippen molar-refractivity contribution >= 4 is 5.82 Å². The quantitative estimate of drug-likeness (QED) is 0.807. The number of ether oxygens (including phenoxy) is 1. The van der Waals surface area contributed by atoms with Gasteiger partial charge in [-0.15, -0.1) is 0 Å². The van der Waals surface area contributed by atoms with Crippen LogP contribution in [0.1, 0.15) is 0 Å². The van der Waals surface area contributed by atoms with E-state index in [1.54, 1.807) is 18.0 Å². The second kappa shape index (κ2) is 3.65. The Morgan fingerprint density at radius 3 is 2.80 bits per heavy atom. The summed E-state index contributed by atoms with van der Waals surface area (Å²) in [6.45, 7) is 0. The Balaban J connectivity index is 2.49. The minimum atomic E-state index is 0.656. The predicted octanol–water partition coefficient (Wildman–Crippen LogP) is 1.68. The van der Waals surface area contributed by atoms with Gasteiger partial charge in [0.25, 0.3) is 0 Å². The molecule has 1 heterocycles. The summed E-state index contributed by atoms with van der Waals surface area (Å²) in [4.78, 5) is 4.24. The van der Waals surface area contributed by atoms with E-state index in [0.717, 1.165) is 17.0 Å². The molecule has 2 N–H and O–H groups in total. The number of nitrogen functional groups attached to an aromatic ring is 1. The number of benzene rings is 1. The summed E-state index contributed by atoms with van der Waals surface area (Å²) in [5, 5.41) is 0. The van der Waals surface area contributed by atoms with Crippen molar-refractivity contribution in [1.29, 1.82) is 0 Å². The number of methoxy groups -OCH3 is 1. The summed E-state index contributed by atoms with van der Waals surface area (Å²) < 4.78 is 6.93. The van der Waals surface area contributed by atoms with Crippen molar-refractivity contribution in [1.82, 2.24) is 9.55 Å². The van der Waals surface area contributed by atoms with Crippen LogP contribution in [-0.4, -0.2) is 16.7 Å². The smallest absolute Gasteiger partial charge is 0.131 e. The van der Waals surface area contributed by atoms with Gasteiger partial charge in [-0.05, 0) is 12.1 Å². The molecule has 0 saturated carbocycles. The van der Waals surface area contributed by atoms with E-state index in [9.17, 15) is 0 Å². The molecule has 1 aromatic carbocycles. The fourth-order valence-electron chi connectivity index (χ4n) is 1.43. The molecule has 2 rings (SSSR count). The molecule has 0 aliphatic carbocycles. The molecule has 4 heteroatoms. The minimum absolute atomic E-state index is 0.656. The predicted molar refractivity (Wildman–Crippen MR) is 59.6 cm³/mol. The highest BCUT2D eigenvalue weighted by Crippen LogP contribution is 2.26. The Bertz CT molecular complexity index is 476. The lowest BCUT2D eigenvalue weighted by molar-refractivity contribution is 0.415. The SMILES string of the molecule is COc1cccc(-c2ncn(C)c2N)c1. The standard InChI is InChI=1S/C11H13N3O/c1-14-7-13-10(11(14)12)8-4-3-5-9(6-8)15-2/h3-7H,12H2,1-2H3. The number of nitrogens with zero attached hydrogens (tertiary/aromatic N) is 2. The van der Waals surface area contributed by atoms with Gasteiger partial charge in [0.05, 0.1) is 13.4 Å². The first-order valence-corrected chi connectivity index (χ1v) is 4.63. The van der Waals surface area contributed by atoms with Crippen LogP contribution in [0.15, 0.2) is 30.6 Å². The zero-order valence-corrected chi connectivity index (χ0v) is 8.77. The zero-order chi connectivity index (χ0) is 10.8. The third kappa shape index (κ3) is 1.66. The number of aromatic nitrogens is 2. The molecule has 0 aliphatic rings. The normalized spacial score (nSPS) is 10.3. The van der Waals surface area contributed by atoms with Gasteiger partial charge in [-0.25, -0.2) is 4.98 Å². The van der Waals surface area contributed by atoms with Gasteiger partial charge in [-0.3, -0.25) is 0 Å². The number of hydrogen-bond donors (Lipinski definition) is 1. The second-order valence-electron chi connectivity index (χ2n) is 3.32. The molecule has 0 atom stereocenters. The molecule has 0 amide bonds. The molecule has 0 unspecified atom stereocenters. The topological polar surface area (TPSA) is 53.1 Å². The van der Waals surface area contributed by atoms with Gasteiger partial charge in [0, 0.05) is 12.6 Å². The van der Waals surface area contributed by atoms with E-state index in [-0.39, 0.29) is 0 Å². The number of aryl methyl sites for hydroxylation is 1. The van der Waals surface area contributed by atoms with Crippen molar-refractivity contribution in [2.75, 3.05) is 12.8 Å². The largest absolute Gasteiger partial charge is 0.497 e. The van der Waals surface area contributed by atoms with Crippen LogP contribution < -0.4 is 10.5 Å². The molecule has 0 aliphatic heterocycles. The van der Waals surface area contributed by atoms with Crippen LogP contribution in [0.25, 0.3) is 11.3 Å². The Kier molecular flexibility index (Phi) is 2.33. The summed E-state index contributed by atoms with van der Waals surface area (Å²) in [5.41, 5.74) is 7.64. The fourth-order valence-corrected chi connectivity index (χ4v) is 1.43. The van der Waals surface area contributed by atoms with E-state index in [0.29, 0.717) is 5.82 Å². The summed E-state index contributed by atoms with van der Waals surface area (Å²) in [6, 6.07) is 7.69. The van der Waals surface area contributed by atoms with Crippen molar-refractivity contribution in [2.24, 2.45) is 7.05 Å². The number of nitrogens with two attached hydrogens (primary N) is 1. The fraction of sp³-hybridized carbons (Fsp3) is 0.182. The molecular formula is C11H13N3O. The third-order valence-corrected chi connectivity index (χ3v) is 2.33. The van der Waals surface area contributed by atoms with Crippen molar-refractivity contribution < 1.29 is 4.74 Å². The van der Waals surface area contributed by atoms with Crippen LogP contribution >= 0.6 is 0 Å². The molecule has 15 heavy (non-hydrogen) atoms. The van der Waals surface area contributed by atoms with E-state index >= 15 is 0 Å². The molecule has 0 radical (unpaired) electrons. The highest BCUT2D eigenvalue weighted by Gasteiger charge is 2.07. The maximum atomic E-state index is 5.89. The molecule has 2 aromatic rings. The van der Waals surface area contributed by atoms with Crippen molar-refractivity contribution in [2.45, 2.75) is 0 Å². The Morgan fingerprint density at radius 1 is 1.40 bits per heavy atom. The highest BCUT2D eigenvalue weighted by atomic mass is 16.5. The van der Waals surface area contributed by atoms with Gasteiger partial charge < -0.3 is 15.0 Å². The maximum absolute atomic E-state index is 5.89. The van der Waals surface area contributed by atoms with Gasteiger partial charge in [-0.1, -0.05) is 12.1 Å². The lowest BCUT2D eigenvalue weighted by Crippen LogP contribution is -1.95. The lowest BCUT2D eigenvalue weighted by atomic mass is 10.1. The van der Waals surface area contributed by atoms with Gasteiger partial charge in [-0.2, -0.15) is 0 Å². The molecule has 0 fully saturated rings. The van der Waals surface area contributed by atoms with E-state index in [1.807, 2.05) is 31.3 Å². The molecule has 1 aromatic heterocycles. The Labute approximate surface area is 88.3 Å². The summed E-state index contributed by atoms with van der Waals surface area (Å²) in [6.07, 6.45) is 1.70. The number of imidazole rings is 1. The molecule has 0 bridgehead atoms. The van der Waals surface area contributed by atoms with E-state index < -0.39 is 0 Å². The second-order valence-corrected chi connectivity index (χ2v) is 3.32. The summed E-state index contributed by atoms with van der Waals surface area (Å²) in [5.74, 6) is 1.46. The van der Waals surface area contributed by atoms with Gasteiger partial charge >= 0.3 is 0 Å². The van der Waals surface area contributed by atoms with Crippen molar-refractivity contribution in [3.63, 3.8) is 0 Å². The monoisotopic (exact) mass is 203 g/mol. The van der Waals surface area contributed by atoms with Crippen LogP contribution in [0.3, 0.4) is 0 Å². The molecular weight excluding hydrogens is 190 g/mol. The first kappa shape index (κ1) is 9.58. The van der Waals surface area contributed by atoms with Crippen LogP contribution in [0, 0.1) is 0 Å². The van der Waals surface area contributed by atoms with E-state index in [4.69, 9.17) is 10.5 Å². The molecule has 78 valence electrons. The molecule has 0 spiro atoms. The average molecular weight is 203 g/mol. The zero-order valence-electron chi connectivity index (χ0n) is 8.77. The average Bonchev–Trinajstić information content (AvgIpc) is 2.60. The van der Waals surface area contributed by atoms with Crippen molar-refractivity contribution in [3.05, 3.63) is 30.6 Å². The highest BCUT2D eigenvalue weighted by molar-refractivity contribution is 5.71. The third-order valence-electron chi connectivity index (χ3n) is 2.33. The first-order chi connectivity index (χ1) is 7.22. The van der Waals surface area contributed by atoms with Crippen molar-refractivity contribution in [3.8, 4) is 17.0 Å². The molecule has 0 saturated heterocycles. The Morgan fingerprint density at radius 2 is 2.20 bits per heavy atom. The number of anilines is 1. The first-order valence-electron chi connectivity index (χ1n) is 4.63. The van der Waals surface area contributed by atoms with Crippen LogP contribution in [0.2, 0.25) is 0 Å². The van der Waals surface area contributed by atoms with E-state index in [2.05, 4.69) is 4.98 Å². The van der Waals surface area contributed by atoms with Gasteiger partial charge in [0.15, 0.2) is 0 Å². The minimum Gasteiger partial charge on any atom is -0.497 e. The lowest BCUT2D eigenvalue weighted by Gasteiger charge is -2.03.